The Hall–Kier alpha value is -1.64. The number of para-hydroxylation sites is 1. The molecule has 2 aromatic rings. The number of benzene rings is 1. The van der Waals surface area contributed by atoms with E-state index in [0.717, 1.165) is 17.3 Å². The first kappa shape index (κ1) is 8.94. The maximum Gasteiger partial charge on any atom is 0.152 e. The van der Waals surface area contributed by atoms with E-state index in [4.69, 9.17) is 0 Å². The van der Waals surface area contributed by atoms with Crippen LogP contribution in [0.3, 0.4) is 0 Å². The van der Waals surface area contributed by atoms with Gasteiger partial charge in [-0.3, -0.25) is 4.79 Å². The van der Waals surface area contributed by atoms with Gasteiger partial charge in [-0.2, -0.15) is 0 Å². The van der Waals surface area contributed by atoms with Crippen LogP contribution in [-0.4, -0.2) is 15.8 Å². The van der Waals surface area contributed by atoms with Gasteiger partial charge in [-0.25, -0.2) is 4.98 Å². The summed E-state index contributed by atoms with van der Waals surface area (Å²) in [6, 6.07) is 6.01. The summed E-state index contributed by atoms with van der Waals surface area (Å²) in [6.45, 7) is 4.18. The van der Waals surface area contributed by atoms with Crippen LogP contribution in [-0.2, 0) is 0 Å². The van der Waals surface area contributed by atoms with Gasteiger partial charge < -0.3 is 4.57 Å². The molecule has 1 aromatic heterocycles. The predicted octanol–water partition coefficient (Wildman–Crippen LogP) is 2.43. The molecule has 0 unspecified atom stereocenters. The lowest BCUT2D eigenvalue weighted by Crippen LogP contribution is -1.97. The van der Waals surface area contributed by atoms with Crippen LogP contribution in [0.25, 0.3) is 11.0 Å². The second-order valence-electron chi connectivity index (χ2n) is 3.58. The van der Waals surface area contributed by atoms with E-state index >= 15 is 0 Å². The van der Waals surface area contributed by atoms with Gasteiger partial charge in [0.25, 0.3) is 0 Å². The number of hydrogen-bond acceptors (Lipinski definition) is 2. The zero-order chi connectivity index (χ0) is 10.1. The average molecular weight is 188 g/mol. The maximum absolute atomic E-state index is 10.8. The molecule has 0 spiro atoms. The molecule has 2 rings (SSSR count). The van der Waals surface area contributed by atoms with Crippen molar-refractivity contribution in [2.45, 2.75) is 19.9 Å². The van der Waals surface area contributed by atoms with Crippen LogP contribution >= 0.6 is 0 Å². The third kappa shape index (κ3) is 1.21. The highest BCUT2D eigenvalue weighted by Gasteiger charge is 2.07. The molecule has 0 aliphatic carbocycles. The van der Waals surface area contributed by atoms with Crippen LogP contribution in [0, 0.1) is 0 Å². The van der Waals surface area contributed by atoms with Crippen LogP contribution in [0.5, 0.6) is 0 Å². The smallest absolute Gasteiger partial charge is 0.152 e. The minimum atomic E-state index is 0.363. The third-order valence-electron chi connectivity index (χ3n) is 2.32. The fourth-order valence-corrected chi connectivity index (χ4v) is 1.59. The van der Waals surface area contributed by atoms with E-state index in [1.807, 2.05) is 12.1 Å². The Morgan fingerprint density at radius 1 is 1.43 bits per heavy atom. The highest BCUT2D eigenvalue weighted by molar-refractivity contribution is 5.94. The SMILES string of the molecule is CC(C)n1cnc2c(C=O)cccc21. The molecule has 1 heterocycles. The Balaban J connectivity index is 2.75. The first-order valence-electron chi connectivity index (χ1n) is 4.64. The van der Waals surface area contributed by atoms with Gasteiger partial charge in [0.1, 0.15) is 0 Å². The molecule has 0 amide bonds. The van der Waals surface area contributed by atoms with E-state index in [9.17, 15) is 4.79 Å². The van der Waals surface area contributed by atoms with E-state index in [1.165, 1.54) is 0 Å². The minimum Gasteiger partial charge on any atom is -0.328 e. The van der Waals surface area contributed by atoms with Crippen molar-refractivity contribution < 1.29 is 4.79 Å². The fraction of sp³-hybridized carbons (Fsp3) is 0.273. The Bertz CT molecular complexity index is 471. The summed E-state index contributed by atoms with van der Waals surface area (Å²) >= 11 is 0. The van der Waals surface area contributed by atoms with Crippen LogP contribution in [0.2, 0.25) is 0 Å². The van der Waals surface area contributed by atoms with Gasteiger partial charge in [-0.15, -0.1) is 0 Å². The number of rotatable bonds is 2. The molecule has 0 saturated heterocycles. The second-order valence-corrected chi connectivity index (χ2v) is 3.58. The van der Waals surface area contributed by atoms with Crippen molar-refractivity contribution in [1.82, 2.24) is 9.55 Å². The van der Waals surface area contributed by atoms with Crippen molar-refractivity contribution in [1.29, 1.82) is 0 Å². The number of carbonyl (C=O) groups is 1. The molecular weight excluding hydrogens is 176 g/mol. The summed E-state index contributed by atoms with van der Waals surface area (Å²) in [5, 5.41) is 0. The van der Waals surface area contributed by atoms with Crippen molar-refractivity contribution in [2.24, 2.45) is 0 Å². The highest BCUT2D eigenvalue weighted by atomic mass is 16.1. The topological polar surface area (TPSA) is 34.9 Å². The van der Waals surface area contributed by atoms with E-state index in [-0.39, 0.29) is 0 Å². The van der Waals surface area contributed by atoms with Gasteiger partial charge in [0.2, 0.25) is 0 Å². The second kappa shape index (κ2) is 3.25. The molecule has 0 radical (unpaired) electrons. The van der Waals surface area contributed by atoms with Crippen molar-refractivity contribution >= 4 is 17.3 Å². The standard InChI is InChI=1S/C11H12N2O/c1-8(2)13-7-12-11-9(6-14)4-3-5-10(11)13/h3-8H,1-2H3. The number of carbonyl (C=O) groups excluding carboxylic acids is 1. The van der Waals surface area contributed by atoms with Crippen LogP contribution < -0.4 is 0 Å². The van der Waals surface area contributed by atoms with Crippen molar-refractivity contribution in [3.8, 4) is 0 Å². The molecule has 0 aliphatic heterocycles. The number of imidazole rings is 1. The Morgan fingerprint density at radius 3 is 2.86 bits per heavy atom. The molecule has 1 aromatic carbocycles. The number of aromatic nitrogens is 2. The van der Waals surface area contributed by atoms with Crippen LogP contribution in [0.1, 0.15) is 30.2 Å². The van der Waals surface area contributed by atoms with E-state index in [0.29, 0.717) is 11.6 Å². The quantitative estimate of drug-likeness (QED) is 0.678. The number of nitrogens with zero attached hydrogens (tertiary/aromatic N) is 2. The zero-order valence-corrected chi connectivity index (χ0v) is 8.27. The first-order chi connectivity index (χ1) is 6.74. The summed E-state index contributed by atoms with van der Waals surface area (Å²) in [5.41, 5.74) is 2.46. The largest absolute Gasteiger partial charge is 0.328 e. The zero-order valence-electron chi connectivity index (χ0n) is 8.27. The molecule has 0 atom stereocenters. The Labute approximate surface area is 82.4 Å². The summed E-state index contributed by atoms with van der Waals surface area (Å²) in [7, 11) is 0. The number of hydrogen-bond donors (Lipinski definition) is 0. The van der Waals surface area contributed by atoms with E-state index in [2.05, 4.69) is 23.4 Å². The molecule has 72 valence electrons. The molecule has 14 heavy (non-hydrogen) atoms. The molecule has 0 bridgehead atoms. The van der Waals surface area contributed by atoms with Crippen molar-refractivity contribution in [3.05, 3.63) is 30.1 Å². The first-order valence-corrected chi connectivity index (χ1v) is 4.64. The molecule has 0 aliphatic rings. The predicted molar refractivity (Wildman–Crippen MR) is 55.5 cm³/mol. The summed E-state index contributed by atoms with van der Waals surface area (Å²) in [5.74, 6) is 0. The fourth-order valence-electron chi connectivity index (χ4n) is 1.59. The number of fused-ring (bicyclic) bond motifs is 1. The van der Waals surface area contributed by atoms with Gasteiger partial charge >= 0.3 is 0 Å². The lowest BCUT2D eigenvalue weighted by atomic mass is 10.2. The molecule has 3 nitrogen and oxygen atoms in total. The Kier molecular flexibility index (Phi) is 2.08. The minimum absolute atomic E-state index is 0.363. The van der Waals surface area contributed by atoms with Gasteiger partial charge in [0.15, 0.2) is 6.29 Å². The highest BCUT2D eigenvalue weighted by Crippen LogP contribution is 2.19. The van der Waals surface area contributed by atoms with Crippen LogP contribution in [0.15, 0.2) is 24.5 Å². The molecular formula is C11H12N2O. The average Bonchev–Trinajstić information content (AvgIpc) is 2.60. The van der Waals surface area contributed by atoms with Gasteiger partial charge in [0.05, 0.1) is 17.4 Å². The summed E-state index contributed by atoms with van der Waals surface area (Å²) in [4.78, 5) is 15.0. The number of aldehydes is 1. The van der Waals surface area contributed by atoms with Gasteiger partial charge in [0, 0.05) is 11.6 Å². The molecule has 3 heteroatoms. The Morgan fingerprint density at radius 2 is 2.21 bits per heavy atom. The molecule has 0 saturated carbocycles. The third-order valence-corrected chi connectivity index (χ3v) is 2.32. The maximum atomic E-state index is 10.8. The summed E-state index contributed by atoms with van der Waals surface area (Å²) in [6.07, 6.45) is 2.63. The summed E-state index contributed by atoms with van der Waals surface area (Å²) < 4.78 is 2.06. The normalized spacial score (nSPS) is 11.1. The van der Waals surface area contributed by atoms with Crippen LogP contribution in [0.4, 0.5) is 0 Å². The van der Waals surface area contributed by atoms with Crippen molar-refractivity contribution in [2.75, 3.05) is 0 Å². The van der Waals surface area contributed by atoms with E-state index in [1.54, 1.807) is 12.4 Å². The molecule has 0 N–H and O–H groups in total. The van der Waals surface area contributed by atoms with Gasteiger partial charge in [-0.05, 0) is 26.0 Å². The lowest BCUT2D eigenvalue weighted by molar-refractivity contribution is 0.112. The monoisotopic (exact) mass is 188 g/mol. The van der Waals surface area contributed by atoms with Gasteiger partial charge in [-0.1, -0.05) is 6.07 Å². The van der Waals surface area contributed by atoms with E-state index < -0.39 is 0 Å². The lowest BCUT2D eigenvalue weighted by Gasteiger charge is -2.07. The van der Waals surface area contributed by atoms with Crippen molar-refractivity contribution in [3.63, 3.8) is 0 Å². The molecule has 0 fully saturated rings.